The van der Waals surface area contributed by atoms with E-state index >= 15 is 0 Å². The van der Waals surface area contributed by atoms with Crippen LogP contribution in [-0.4, -0.2) is 89.1 Å². The Hall–Kier alpha value is -5.27. The molecule has 6 atom stereocenters. The number of rotatable bonds is 12. The molecule has 0 radical (unpaired) electrons. The standard InChI is InChI=1S/C45H56N6O7/c1-25(2)39(48-45(56)58-5)43(54)50-22-6-8-35(50)41(52)46-31-16-12-27(13-17-31)33-20-21-34(38-30-11-10-29(24-30)37(33)38)28-14-18-32(19-15-28)47-42(53)36-9-7-23-51(36)44(55)40(49-57)26(3)4/h12-21,25-26,29-30,35-36,39-40,49,57H,6-11,22-24H2,1-5H3,(H,46,52)(H,47,53)(H,48,56)/t29?,30?,35-,36-,39-,40-/m0/s1. The molecule has 13 nitrogen and oxygen atoms in total. The van der Waals surface area contributed by atoms with Crippen LogP contribution in [0.25, 0.3) is 22.3 Å². The highest BCUT2D eigenvalue weighted by atomic mass is 16.5. The van der Waals surface area contributed by atoms with Gasteiger partial charge in [0.25, 0.3) is 0 Å². The third-order valence-electron chi connectivity index (χ3n) is 12.6. The Bertz CT molecular complexity index is 2030. The van der Waals surface area contributed by atoms with Crippen LogP contribution in [0, 0.1) is 11.8 Å². The number of nitrogens with zero attached hydrogens (tertiary/aromatic N) is 2. The number of amides is 5. The lowest BCUT2D eigenvalue weighted by Crippen LogP contribution is -2.54. The lowest BCUT2D eigenvalue weighted by atomic mass is 9.81. The smallest absolute Gasteiger partial charge is 0.407 e. The molecule has 0 aromatic heterocycles. The second-order valence-electron chi connectivity index (χ2n) is 16.9. The van der Waals surface area contributed by atoms with E-state index in [1.165, 1.54) is 29.4 Å². The summed E-state index contributed by atoms with van der Waals surface area (Å²) in [6.45, 7) is 8.32. The van der Waals surface area contributed by atoms with E-state index in [9.17, 15) is 29.2 Å². The topological polar surface area (TPSA) is 169 Å². The number of alkyl carbamates (subject to hydrolysis) is 1. The van der Waals surface area contributed by atoms with E-state index in [4.69, 9.17) is 4.74 Å². The Morgan fingerprint density at radius 1 is 0.638 bits per heavy atom. The number of ether oxygens (including phenoxy) is 1. The van der Waals surface area contributed by atoms with Gasteiger partial charge in [-0.2, -0.15) is 5.48 Å². The van der Waals surface area contributed by atoms with Gasteiger partial charge in [-0.05, 0) is 126 Å². The summed E-state index contributed by atoms with van der Waals surface area (Å²) in [6.07, 6.45) is 5.30. The Kier molecular flexibility index (Phi) is 12.2. The van der Waals surface area contributed by atoms with Crippen molar-refractivity contribution in [2.75, 3.05) is 30.8 Å². The van der Waals surface area contributed by atoms with Crippen LogP contribution in [0.4, 0.5) is 16.2 Å². The van der Waals surface area contributed by atoms with Crippen molar-refractivity contribution in [2.45, 2.75) is 109 Å². The second kappa shape index (κ2) is 17.3. The molecule has 2 aliphatic heterocycles. The van der Waals surface area contributed by atoms with Crippen LogP contribution < -0.4 is 21.4 Å². The molecule has 3 aromatic carbocycles. The lowest BCUT2D eigenvalue weighted by Gasteiger charge is -2.30. The summed E-state index contributed by atoms with van der Waals surface area (Å²) < 4.78 is 4.72. The van der Waals surface area contributed by atoms with Crippen LogP contribution in [0.3, 0.4) is 0 Å². The predicted octanol–water partition coefficient (Wildman–Crippen LogP) is 6.63. The van der Waals surface area contributed by atoms with Crippen molar-refractivity contribution in [3.63, 3.8) is 0 Å². The molecule has 5 N–H and O–H groups in total. The van der Waals surface area contributed by atoms with E-state index in [2.05, 4.69) is 33.6 Å². The average Bonchev–Trinajstić information content (AvgIpc) is 4.06. The molecule has 7 rings (SSSR count). The zero-order valence-corrected chi connectivity index (χ0v) is 34.0. The van der Waals surface area contributed by atoms with Gasteiger partial charge < -0.3 is 35.7 Å². The van der Waals surface area contributed by atoms with Crippen molar-refractivity contribution in [1.29, 1.82) is 0 Å². The first-order chi connectivity index (χ1) is 27.9. The zero-order chi connectivity index (χ0) is 41.2. The summed E-state index contributed by atoms with van der Waals surface area (Å²) in [5.41, 5.74) is 10.8. The third kappa shape index (κ3) is 8.06. The van der Waals surface area contributed by atoms with Crippen molar-refractivity contribution < 1.29 is 33.9 Å². The highest BCUT2D eigenvalue weighted by Gasteiger charge is 2.42. The van der Waals surface area contributed by atoms with Crippen molar-refractivity contribution in [3.05, 3.63) is 71.8 Å². The maximum Gasteiger partial charge on any atom is 0.407 e. The zero-order valence-electron chi connectivity index (χ0n) is 34.0. The highest BCUT2D eigenvalue weighted by Crippen LogP contribution is 2.58. The van der Waals surface area contributed by atoms with Crippen molar-refractivity contribution >= 4 is 41.1 Å². The van der Waals surface area contributed by atoms with Gasteiger partial charge in [-0.1, -0.05) is 64.1 Å². The van der Waals surface area contributed by atoms with Gasteiger partial charge >= 0.3 is 6.09 Å². The lowest BCUT2D eigenvalue weighted by molar-refractivity contribution is -0.142. The largest absolute Gasteiger partial charge is 0.453 e. The molecule has 13 heteroatoms. The van der Waals surface area contributed by atoms with E-state index < -0.39 is 30.3 Å². The van der Waals surface area contributed by atoms with Crippen LogP contribution in [0.1, 0.15) is 95.6 Å². The molecule has 2 unspecified atom stereocenters. The van der Waals surface area contributed by atoms with Gasteiger partial charge in [-0.15, -0.1) is 0 Å². The number of hydroxylamine groups is 1. The summed E-state index contributed by atoms with van der Waals surface area (Å²) in [7, 11) is 1.26. The molecule has 308 valence electrons. The number of nitrogens with one attached hydrogen (secondary N) is 4. The molecule has 2 heterocycles. The maximum absolute atomic E-state index is 13.5. The van der Waals surface area contributed by atoms with Gasteiger partial charge in [0, 0.05) is 24.5 Å². The van der Waals surface area contributed by atoms with E-state index in [1.54, 1.807) is 9.80 Å². The fourth-order valence-electron chi connectivity index (χ4n) is 9.60. The third-order valence-corrected chi connectivity index (χ3v) is 12.6. The number of fused-ring (bicyclic) bond motifs is 5. The normalized spacial score (nSPS) is 21.9. The first-order valence-corrected chi connectivity index (χ1v) is 20.7. The molecule has 2 bridgehead atoms. The molecule has 2 aliphatic carbocycles. The molecule has 58 heavy (non-hydrogen) atoms. The minimum Gasteiger partial charge on any atom is -0.453 e. The minimum atomic E-state index is -0.794. The molecule has 3 fully saturated rings. The molecule has 3 aromatic rings. The Morgan fingerprint density at radius 2 is 1.07 bits per heavy atom. The Morgan fingerprint density at radius 3 is 1.47 bits per heavy atom. The summed E-state index contributed by atoms with van der Waals surface area (Å²) in [5.74, 6) is -0.385. The van der Waals surface area contributed by atoms with Gasteiger partial charge in [0.1, 0.15) is 24.2 Å². The number of hydrogen-bond donors (Lipinski definition) is 5. The number of benzene rings is 3. The van der Waals surface area contributed by atoms with Gasteiger partial charge in [0.2, 0.25) is 23.6 Å². The van der Waals surface area contributed by atoms with Crippen molar-refractivity contribution in [2.24, 2.45) is 11.8 Å². The first-order valence-electron chi connectivity index (χ1n) is 20.7. The number of methoxy groups -OCH3 is 1. The van der Waals surface area contributed by atoms with E-state index in [-0.39, 0.29) is 35.5 Å². The maximum atomic E-state index is 13.5. The molecule has 5 amide bonds. The van der Waals surface area contributed by atoms with Crippen molar-refractivity contribution in [1.82, 2.24) is 20.6 Å². The van der Waals surface area contributed by atoms with Crippen LogP contribution in [0.2, 0.25) is 0 Å². The number of hydrogen-bond acceptors (Lipinski definition) is 8. The predicted molar refractivity (Wildman–Crippen MR) is 221 cm³/mol. The second-order valence-corrected chi connectivity index (χ2v) is 16.9. The van der Waals surface area contributed by atoms with E-state index in [0.29, 0.717) is 55.6 Å². The molecular formula is C45H56N6O7. The quantitative estimate of drug-likeness (QED) is 0.127. The molecule has 2 saturated heterocycles. The van der Waals surface area contributed by atoms with Crippen LogP contribution in [0.5, 0.6) is 0 Å². The molecule has 1 saturated carbocycles. The van der Waals surface area contributed by atoms with Crippen LogP contribution in [0.15, 0.2) is 60.7 Å². The van der Waals surface area contributed by atoms with Gasteiger partial charge in [-0.3, -0.25) is 19.2 Å². The molecule has 4 aliphatic rings. The Labute approximate surface area is 340 Å². The van der Waals surface area contributed by atoms with Gasteiger partial charge in [0.05, 0.1) is 7.11 Å². The first kappa shape index (κ1) is 40.9. The summed E-state index contributed by atoms with van der Waals surface area (Å²) in [6, 6.07) is 17.5. The Balaban J connectivity index is 1.04. The fourth-order valence-corrected chi connectivity index (χ4v) is 9.60. The number of carbonyl (C=O) groups excluding carboxylic acids is 5. The van der Waals surface area contributed by atoms with Gasteiger partial charge in [0.15, 0.2) is 0 Å². The van der Waals surface area contributed by atoms with Crippen LogP contribution in [-0.2, 0) is 23.9 Å². The fraction of sp³-hybridized carbons (Fsp3) is 0.489. The summed E-state index contributed by atoms with van der Waals surface area (Å²) >= 11 is 0. The SMILES string of the molecule is COC(=O)N[C@H](C(=O)N1CCC[C@H]1C(=O)Nc1ccc(-c2ccc(-c3ccc(NC(=O)[C@@H]4CCCN4C(=O)[C@@H](NO)C(C)C)cc3)c3c2C2CCC3C2)cc1)C(C)C. The minimum absolute atomic E-state index is 0.126. The van der Waals surface area contributed by atoms with Gasteiger partial charge in [-0.25, -0.2) is 4.79 Å². The summed E-state index contributed by atoms with van der Waals surface area (Å²) in [5, 5.41) is 18.3. The number of likely N-dealkylation sites (tertiary alicyclic amines) is 2. The molecular weight excluding hydrogens is 737 g/mol. The van der Waals surface area contributed by atoms with E-state index in [1.807, 2.05) is 76.2 Å². The number of anilines is 2. The van der Waals surface area contributed by atoms with Crippen LogP contribution >= 0.6 is 0 Å². The average molecular weight is 793 g/mol. The number of carbonyl (C=O) groups is 5. The monoisotopic (exact) mass is 792 g/mol. The van der Waals surface area contributed by atoms with Crippen molar-refractivity contribution in [3.8, 4) is 22.3 Å². The van der Waals surface area contributed by atoms with E-state index in [0.717, 1.165) is 36.8 Å². The highest BCUT2D eigenvalue weighted by molar-refractivity contribution is 6.00. The molecule has 0 spiro atoms. The summed E-state index contributed by atoms with van der Waals surface area (Å²) in [4.78, 5) is 68.6.